The van der Waals surface area contributed by atoms with Gasteiger partial charge < -0.3 is 10.6 Å². The van der Waals surface area contributed by atoms with Crippen molar-refractivity contribution in [3.05, 3.63) is 77.1 Å². The number of fused-ring (bicyclic) bond motifs is 1. The van der Waals surface area contributed by atoms with E-state index in [1.807, 2.05) is 31.2 Å². The highest BCUT2D eigenvalue weighted by Crippen LogP contribution is 2.19. The van der Waals surface area contributed by atoms with Gasteiger partial charge in [0.15, 0.2) is 0 Å². The average Bonchev–Trinajstić information content (AvgIpc) is 3.27. The van der Waals surface area contributed by atoms with Crippen molar-refractivity contribution in [2.24, 2.45) is 0 Å². The van der Waals surface area contributed by atoms with Gasteiger partial charge in [-0.1, -0.05) is 12.1 Å². The molecule has 0 aromatic carbocycles. The molecule has 142 valence electrons. The molecule has 1 atom stereocenters. The number of carbonyl (C=O) groups excluding carboxylic acids is 2. The summed E-state index contributed by atoms with van der Waals surface area (Å²) < 4.78 is 1.77. The third kappa shape index (κ3) is 3.75. The van der Waals surface area contributed by atoms with Crippen LogP contribution in [-0.4, -0.2) is 37.6 Å². The lowest BCUT2D eigenvalue weighted by molar-refractivity contribution is 0.0930. The second-order valence-electron chi connectivity index (χ2n) is 6.77. The molecule has 0 aliphatic carbocycles. The Hall–Kier alpha value is -3.55. The van der Waals surface area contributed by atoms with E-state index >= 15 is 0 Å². The van der Waals surface area contributed by atoms with Crippen LogP contribution in [0.25, 0.3) is 0 Å². The highest BCUT2D eigenvalue weighted by molar-refractivity contribution is 5.95. The molecule has 1 aliphatic rings. The number of hydrogen-bond donors (Lipinski definition) is 2. The summed E-state index contributed by atoms with van der Waals surface area (Å²) in [7, 11) is 0. The molecule has 0 saturated heterocycles. The molecule has 8 nitrogen and oxygen atoms in total. The zero-order valence-corrected chi connectivity index (χ0v) is 15.4. The Labute approximate surface area is 162 Å². The van der Waals surface area contributed by atoms with Crippen molar-refractivity contribution in [1.82, 2.24) is 30.4 Å². The molecule has 2 N–H and O–H groups in total. The quantitative estimate of drug-likeness (QED) is 0.698. The van der Waals surface area contributed by atoms with Crippen LogP contribution in [-0.2, 0) is 19.5 Å². The van der Waals surface area contributed by atoms with E-state index in [1.165, 1.54) is 0 Å². The number of pyridine rings is 2. The second-order valence-corrected chi connectivity index (χ2v) is 6.77. The van der Waals surface area contributed by atoms with Crippen LogP contribution in [0.5, 0.6) is 0 Å². The zero-order chi connectivity index (χ0) is 19.5. The standard InChI is InChI=1S/C20H20N6O2/c1-13-4-2-6-17(24-13)20(28)25-15-8-18-16(11-23-26(18)12-15)19(27)22-10-14-5-3-7-21-9-14/h2-7,9,11,15H,8,10,12H2,1H3,(H,22,27)(H,25,28)/t15-/m0/s1. The van der Waals surface area contributed by atoms with Crippen molar-refractivity contribution in [3.8, 4) is 0 Å². The highest BCUT2D eigenvalue weighted by atomic mass is 16.2. The van der Waals surface area contributed by atoms with E-state index in [-0.39, 0.29) is 17.9 Å². The molecule has 0 saturated carbocycles. The number of carbonyl (C=O) groups is 2. The van der Waals surface area contributed by atoms with Crippen molar-refractivity contribution >= 4 is 11.8 Å². The van der Waals surface area contributed by atoms with E-state index in [9.17, 15) is 9.59 Å². The van der Waals surface area contributed by atoms with Crippen molar-refractivity contribution < 1.29 is 9.59 Å². The zero-order valence-electron chi connectivity index (χ0n) is 15.4. The van der Waals surface area contributed by atoms with E-state index in [4.69, 9.17) is 0 Å². The van der Waals surface area contributed by atoms with Gasteiger partial charge in [-0.3, -0.25) is 19.3 Å². The Morgan fingerprint density at radius 1 is 1.18 bits per heavy atom. The number of aryl methyl sites for hydroxylation is 1. The summed E-state index contributed by atoms with van der Waals surface area (Å²) in [4.78, 5) is 33.2. The maximum Gasteiger partial charge on any atom is 0.270 e. The fraction of sp³-hybridized carbons (Fsp3) is 0.250. The molecule has 4 heterocycles. The molecule has 28 heavy (non-hydrogen) atoms. The molecule has 4 rings (SSSR count). The van der Waals surface area contributed by atoms with Gasteiger partial charge in [0.2, 0.25) is 0 Å². The van der Waals surface area contributed by atoms with E-state index in [0.29, 0.717) is 30.8 Å². The fourth-order valence-electron chi connectivity index (χ4n) is 3.29. The first-order valence-electron chi connectivity index (χ1n) is 9.06. The third-order valence-electron chi connectivity index (χ3n) is 4.66. The fourth-order valence-corrected chi connectivity index (χ4v) is 3.29. The van der Waals surface area contributed by atoms with Crippen LogP contribution in [0.1, 0.15) is 37.8 Å². The van der Waals surface area contributed by atoms with Crippen molar-refractivity contribution in [1.29, 1.82) is 0 Å². The number of aromatic nitrogens is 4. The normalized spacial score (nSPS) is 15.1. The SMILES string of the molecule is Cc1cccc(C(=O)N[C@H]2Cc3c(C(=O)NCc4cccnc4)cnn3C2)n1. The molecular weight excluding hydrogens is 356 g/mol. The van der Waals surface area contributed by atoms with E-state index in [0.717, 1.165) is 17.0 Å². The van der Waals surface area contributed by atoms with Gasteiger partial charge in [-0.25, -0.2) is 4.98 Å². The van der Waals surface area contributed by atoms with Gasteiger partial charge in [-0.05, 0) is 30.7 Å². The molecule has 8 heteroatoms. The van der Waals surface area contributed by atoms with Crippen LogP contribution < -0.4 is 10.6 Å². The monoisotopic (exact) mass is 376 g/mol. The van der Waals surface area contributed by atoms with Gasteiger partial charge in [0.1, 0.15) is 5.69 Å². The summed E-state index contributed by atoms with van der Waals surface area (Å²) >= 11 is 0. The first kappa shape index (κ1) is 17.8. The Morgan fingerprint density at radius 2 is 2.07 bits per heavy atom. The largest absolute Gasteiger partial charge is 0.348 e. The maximum absolute atomic E-state index is 12.5. The summed E-state index contributed by atoms with van der Waals surface area (Å²) in [6, 6.07) is 8.95. The third-order valence-corrected chi connectivity index (χ3v) is 4.66. The average molecular weight is 376 g/mol. The Kier molecular flexibility index (Phi) is 4.84. The van der Waals surface area contributed by atoms with E-state index < -0.39 is 0 Å². The number of rotatable bonds is 5. The summed E-state index contributed by atoms with van der Waals surface area (Å²) in [6.45, 7) is 2.78. The molecular formula is C20H20N6O2. The van der Waals surface area contributed by atoms with Gasteiger partial charge in [0, 0.05) is 31.1 Å². The van der Waals surface area contributed by atoms with Crippen LogP contribution >= 0.6 is 0 Å². The van der Waals surface area contributed by atoms with Gasteiger partial charge in [0.05, 0.1) is 30.0 Å². The molecule has 3 aromatic rings. The van der Waals surface area contributed by atoms with Gasteiger partial charge in [-0.2, -0.15) is 5.10 Å². The molecule has 0 spiro atoms. The molecule has 0 unspecified atom stereocenters. The van der Waals surface area contributed by atoms with Gasteiger partial charge in [-0.15, -0.1) is 0 Å². The Bertz CT molecular complexity index is 1010. The first-order chi connectivity index (χ1) is 13.6. The second kappa shape index (κ2) is 7.59. The number of nitrogens with zero attached hydrogens (tertiary/aromatic N) is 4. The predicted molar refractivity (Wildman–Crippen MR) is 102 cm³/mol. The van der Waals surface area contributed by atoms with Crippen LogP contribution in [0.4, 0.5) is 0 Å². The molecule has 3 aromatic heterocycles. The van der Waals surface area contributed by atoms with Crippen LogP contribution in [0.15, 0.2) is 48.9 Å². The van der Waals surface area contributed by atoms with E-state index in [1.54, 1.807) is 29.3 Å². The molecule has 2 amide bonds. The maximum atomic E-state index is 12.5. The van der Waals surface area contributed by atoms with E-state index in [2.05, 4.69) is 25.7 Å². The van der Waals surface area contributed by atoms with Crippen molar-refractivity contribution in [2.45, 2.75) is 32.5 Å². The Morgan fingerprint density at radius 3 is 2.86 bits per heavy atom. The van der Waals surface area contributed by atoms with Crippen LogP contribution in [0, 0.1) is 6.92 Å². The predicted octanol–water partition coefficient (Wildman–Crippen LogP) is 1.27. The minimum absolute atomic E-state index is 0.122. The summed E-state index contributed by atoms with van der Waals surface area (Å²) in [5, 5.41) is 10.2. The number of hydrogen-bond acceptors (Lipinski definition) is 5. The highest BCUT2D eigenvalue weighted by Gasteiger charge is 2.29. The number of amides is 2. The van der Waals surface area contributed by atoms with Gasteiger partial charge >= 0.3 is 0 Å². The Balaban J connectivity index is 1.38. The smallest absolute Gasteiger partial charge is 0.270 e. The first-order valence-corrected chi connectivity index (χ1v) is 9.06. The summed E-state index contributed by atoms with van der Waals surface area (Å²) in [6.07, 6.45) is 5.53. The van der Waals surface area contributed by atoms with Crippen molar-refractivity contribution in [3.63, 3.8) is 0 Å². The summed E-state index contributed by atoms with van der Waals surface area (Å²) in [5.74, 6) is -0.403. The molecule has 0 radical (unpaired) electrons. The molecule has 0 fully saturated rings. The molecule has 0 bridgehead atoms. The topological polar surface area (TPSA) is 102 Å². The van der Waals surface area contributed by atoms with Gasteiger partial charge in [0.25, 0.3) is 11.8 Å². The summed E-state index contributed by atoms with van der Waals surface area (Å²) in [5.41, 5.74) is 3.47. The van der Waals surface area contributed by atoms with Crippen LogP contribution in [0.2, 0.25) is 0 Å². The van der Waals surface area contributed by atoms with Crippen molar-refractivity contribution in [2.75, 3.05) is 0 Å². The lowest BCUT2D eigenvalue weighted by Gasteiger charge is -2.11. The lowest BCUT2D eigenvalue weighted by Crippen LogP contribution is -2.36. The number of nitrogens with one attached hydrogen (secondary N) is 2. The lowest BCUT2D eigenvalue weighted by atomic mass is 10.1. The minimum Gasteiger partial charge on any atom is -0.348 e. The minimum atomic E-state index is -0.220. The van der Waals surface area contributed by atoms with Crippen LogP contribution in [0.3, 0.4) is 0 Å². The molecule has 1 aliphatic heterocycles.